The average Bonchev–Trinajstić information content (AvgIpc) is 2.74. The van der Waals surface area contributed by atoms with Crippen molar-refractivity contribution in [3.8, 4) is 0 Å². The van der Waals surface area contributed by atoms with E-state index in [1.165, 1.54) is 26.3 Å². The highest BCUT2D eigenvalue weighted by molar-refractivity contribution is 7.89. The van der Waals surface area contributed by atoms with Gasteiger partial charge < -0.3 is 14.8 Å². The number of amides is 2. The molecule has 174 valence electrons. The minimum absolute atomic E-state index is 0.0177. The molecule has 0 aliphatic carbocycles. The lowest BCUT2D eigenvalue weighted by atomic mass is 10.2. The smallest absolute Gasteiger partial charge is 0.411 e. The van der Waals surface area contributed by atoms with Crippen molar-refractivity contribution in [2.24, 2.45) is 0 Å². The lowest BCUT2D eigenvalue weighted by Gasteiger charge is -2.17. The minimum atomic E-state index is -3.76. The number of rotatable bonds is 11. The molecule has 2 amide bonds. The van der Waals surface area contributed by atoms with Gasteiger partial charge in [0.15, 0.2) is 0 Å². The lowest BCUT2D eigenvalue weighted by Crippen LogP contribution is -2.28. The van der Waals surface area contributed by atoms with Gasteiger partial charge in [-0.1, -0.05) is 6.07 Å². The van der Waals surface area contributed by atoms with E-state index in [4.69, 9.17) is 9.47 Å². The van der Waals surface area contributed by atoms with Gasteiger partial charge in [-0.25, -0.2) is 21.9 Å². The second-order valence-corrected chi connectivity index (χ2v) is 8.81. The summed E-state index contributed by atoms with van der Waals surface area (Å²) in [6, 6.07) is 11.1. The zero-order valence-corrected chi connectivity index (χ0v) is 18.7. The molecule has 9 nitrogen and oxygen atoms in total. The fraction of sp³-hybridized carbons (Fsp3) is 0.333. The molecule has 0 saturated heterocycles. The van der Waals surface area contributed by atoms with Gasteiger partial charge in [0.05, 0.1) is 11.5 Å². The molecule has 0 aromatic heterocycles. The first-order chi connectivity index (χ1) is 15.2. The van der Waals surface area contributed by atoms with Gasteiger partial charge in [-0.3, -0.25) is 10.1 Å². The number of anilines is 2. The Kier molecular flexibility index (Phi) is 9.57. The van der Waals surface area contributed by atoms with Crippen LogP contribution in [0.3, 0.4) is 0 Å². The molecule has 0 aliphatic rings. The number of hydrogen-bond acceptors (Lipinski definition) is 6. The predicted molar refractivity (Wildman–Crippen MR) is 117 cm³/mol. The van der Waals surface area contributed by atoms with Crippen molar-refractivity contribution in [1.82, 2.24) is 4.31 Å². The molecule has 0 saturated carbocycles. The number of carbonyl (C=O) groups excluding carboxylic acids is 2. The molecular weight excluding hydrogens is 441 g/mol. The van der Waals surface area contributed by atoms with Crippen molar-refractivity contribution in [3.05, 3.63) is 54.3 Å². The van der Waals surface area contributed by atoms with Crippen LogP contribution < -0.4 is 10.6 Å². The summed E-state index contributed by atoms with van der Waals surface area (Å²) in [6.45, 7) is 0.510. The summed E-state index contributed by atoms with van der Waals surface area (Å²) < 4.78 is 48.8. The van der Waals surface area contributed by atoms with Gasteiger partial charge in [0.2, 0.25) is 15.9 Å². The summed E-state index contributed by atoms with van der Waals surface area (Å²) in [5.41, 5.74) is 0.910. The van der Waals surface area contributed by atoms with Gasteiger partial charge in [0.25, 0.3) is 0 Å². The first-order valence-corrected chi connectivity index (χ1v) is 11.2. The fourth-order valence-electron chi connectivity index (χ4n) is 2.64. The highest BCUT2D eigenvalue weighted by Gasteiger charge is 2.20. The number of nitrogens with one attached hydrogen (secondary N) is 2. The topological polar surface area (TPSA) is 114 Å². The Morgan fingerprint density at radius 1 is 1.03 bits per heavy atom. The quantitative estimate of drug-likeness (QED) is 0.491. The van der Waals surface area contributed by atoms with Crippen molar-refractivity contribution in [1.29, 1.82) is 0 Å². The maximum Gasteiger partial charge on any atom is 0.411 e. The van der Waals surface area contributed by atoms with Crippen molar-refractivity contribution in [2.45, 2.75) is 17.7 Å². The number of methoxy groups -OCH3 is 1. The number of nitrogens with zero attached hydrogens (tertiary/aromatic N) is 1. The molecule has 0 unspecified atom stereocenters. The van der Waals surface area contributed by atoms with E-state index in [2.05, 4.69) is 10.6 Å². The van der Waals surface area contributed by atoms with E-state index in [0.717, 1.165) is 16.4 Å². The Labute approximate surface area is 186 Å². The molecule has 2 N–H and O–H groups in total. The number of sulfonamides is 1. The van der Waals surface area contributed by atoms with Crippen LogP contribution in [-0.4, -0.2) is 58.6 Å². The molecule has 0 fully saturated rings. The van der Waals surface area contributed by atoms with Gasteiger partial charge in [-0.15, -0.1) is 0 Å². The summed E-state index contributed by atoms with van der Waals surface area (Å²) >= 11 is 0. The van der Waals surface area contributed by atoms with Crippen molar-refractivity contribution >= 4 is 33.4 Å². The fourth-order valence-corrected chi connectivity index (χ4v) is 3.85. The lowest BCUT2D eigenvalue weighted by molar-refractivity contribution is -0.116. The normalized spacial score (nSPS) is 11.2. The number of benzene rings is 2. The monoisotopic (exact) mass is 467 g/mol. The van der Waals surface area contributed by atoms with E-state index in [9.17, 15) is 22.4 Å². The SMILES string of the molecule is COCCOC(=O)Nc1cccc(NC(=O)CCCN(C)S(=O)(=O)c2ccc(F)cc2)c1. The summed E-state index contributed by atoms with van der Waals surface area (Å²) in [5.74, 6) is -0.831. The Bertz CT molecular complexity index is 1010. The first kappa shape index (κ1) is 25.2. The van der Waals surface area contributed by atoms with Gasteiger partial charge in [-0.05, 0) is 48.9 Å². The number of ether oxygens (including phenoxy) is 2. The van der Waals surface area contributed by atoms with Crippen LogP contribution in [0.25, 0.3) is 0 Å². The van der Waals surface area contributed by atoms with Gasteiger partial charge in [0.1, 0.15) is 12.4 Å². The molecule has 0 atom stereocenters. The molecule has 2 rings (SSSR count). The molecule has 2 aromatic carbocycles. The van der Waals surface area contributed by atoms with Crippen LogP contribution in [0.15, 0.2) is 53.4 Å². The highest BCUT2D eigenvalue weighted by atomic mass is 32.2. The molecule has 32 heavy (non-hydrogen) atoms. The van der Waals surface area contributed by atoms with Crippen LogP contribution in [0.2, 0.25) is 0 Å². The molecule has 0 spiro atoms. The zero-order valence-electron chi connectivity index (χ0n) is 17.8. The van der Waals surface area contributed by atoms with Crippen LogP contribution in [0.1, 0.15) is 12.8 Å². The Morgan fingerprint density at radius 2 is 1.69 bits per heavy atom. The molecule has 11 heteroatoms. The van der Waals surface area contributed by atoms with E-state index in [1.807, 2.05) is 0 Å². The molecule has 0 heterocycles. The van der Waals surface area contributed by atoms with Crippen LogP contribution in [0, 0.1) is 5.82 Å². The van der Waals surface area contributed by atoms with Crippen LogP contribution in [0.5, 0.6) is 0 Å². The second kappa shape index (κ2) is 12.1. The highest BCUT2D eigenvalue weighted by Crippen LogP contribution is 2.17. The third kappa shape index (κ3) is 7.91. The Morgan fingerprint density at radius 3 is 2.34 bits per heavy atom. The molecular formula is C21H26FN3O6S. The van der Waals surface area contributed by atoms with Crippen LogP contribution in [-0.2, 0) is 24.3 Å². The summed E-state index contributed by atoms with van der Waals surface area (Å²) in [7, 11) is -0.867. The third-order valence-electron chi connectivity index (χ3n) is 4.31. The van der Waals surface area contributed by atoms with E-state index in [-0.39, 0.29) is 43.4 Å². The zero-order chi connectivity index (χ0) is 23.6. The average molecular weight is 468 g/mol. The maximum absolute atomic E-state index is 13.0. The van der Waals surface area contributed by atoms with Crippen LogP contribution >= 0.6 is 0 Å². The predicted octanol–water partition coefficient (Wildman–Crippen LogP) is 3.06. The number of halogens is 1. The van der Waals surface area contributed by atoms with Crippen molar-refractivity contribution < 1.29 is 31.9 Å². The molecule has 2 aromatic rings. The third-order valence-corrected chi connectivity index (χ3v) is 6.18. The summed E-state index contributed by atoms with van der Waals surface area (Å²) in [5, 5.41) is 5.24. The number of hydrogen-bond donors (Lipinski definition) is 2. The van der Waals surface area contributed by atoms with Crippen molar-refractivity contribution in [2.75, 3.05) is 44.5 Å². The van der Waals surface area contributed by atoms with E-state index in [0.29, 0.717) is 11.4 Å². The van der Waals surface area contributed by atoms with E-state index >= 15 is 0 Å². The van der Waals surface area contributed by atoms with Gasteiger partial charge >= 0.3 is 6.09 Å². The summed E-state index contributed by atoms with van der Waals surface area (Å²) in [6.07, 6.45) is -0.275. The minimum Gasteiger partial charge on any atom is -0.447 e. The number of carbonyl (C=O) groups is 2. The molecule has 0 bridgehead atoms. The Balaban J connectivity index is 1.81. The molecule has 0 aliphatic heterocycles. The Hall–Kier alpha value is -3.02. The van der Waals surface area contributed by atoms with E-state index in [1.54, 1.807) is 24.3 Å². The second-order valence-electron chi connectivity index (χ2n) is 6.77. The standard InChI is InChI=1S/C21H26FN3O6S/c1-25(32(28,29)19-10-8-16(22)9-11-19)12-4-7-20(26)23-17-5-3-6-18(15-17)24-21(27)31-14-13-30-2/h3,5-6,8-11,15H,4,7,12-14H2,1-2H3,(H,23,26)(H,24,27). The largest absolute Gasteiger partial charge is 0.447 e. The van der Waals surface area contributed by atoms with Gasteiger partial charge in [0, 0.05) is 38.5 Å². The van der Waals surface area contributed by atoms with Gasteiger partial charge in [-0.2, -0.15) is 0 Å². The van der Waals surface area contributed by atoms with Crippen LogP contribution in [0.4, 0.5) is 20.6 Å². The summed E-state index contributed by atoms with van der Waals surface area (Å²) in [4.78, 5) is 23.9. The maximum atomic E-state index is 13.0. The first-order valence-electron chi connectivity index (χ1n) is 9.77. The molecule has 0 radical (unpaired) electrons. The van der Waals surface area contributed by atoms with E-state index < -0.39 is 21.9 Å². The van der Waals surface area contributed by atoms with Crippen molar-refractivity contribution in [3.63, 3.8) is 0 Å².